The molecule has 0 saturated carbocycles. The molecule has 0 bridgehead atoms. The van der Waals surface area contributed by atoms with Crippen molar-refractivity contribution in [1.29, 1.82) is 0 Å². The Labute approximate surface area is 295 Å². The molecule has 4 heteroatoms. The Morgan fingerprint density at radius 2 is 1.29 bits per heavy atom. The monoisotopic (exact) mass is 652 g/mol. The van der Waals surface area contributed by atoms with Gasteiger partial charge in [-0.25, -0.2) is 4.99 Å². The number of hydrogen-bond donors (Lipinski definition) is 1. The van der Waals surface area contributed by atoms with Gasteiger partial charge in [0.1, 0.15) is 0 Å². The first-order valence-corrected chi connectivity index (χ1v) is 17.3. The number of aromatic nitrogens is 1. The van der Waals surface area contributed by atoms with Gasteiger partial charge >= 0.3 is 0 Å². The third-order valence-electron chi connectivity index (χ3n) is 10.4. The zero-order chi connectivity index (χ0) is 34.1. The summed E-state index contributed by atoms with van der Waals surface area (Å²) in [5, 5.41) is 13.1. The van der Waals surface area contributed by atoms with Crippen molar-refractivity contribution in [3.05, 3.63) is 169 Å². The first-order valence-electron chi connectivity index (χ1n) is 17.3. The summed E-state index contributed by atoms with van der Waals surface area (Å²) >= 11 is 0. The molecule has 10 rings (SSSR count). The smallest absolute Gasteiger partial charge is 0.0788 e. The van der Waals surface area contributed by atoms with Gasteiger partial charge in [0.25, 0.3) is 0 Å². The maximum absolute atomic E-state index is 5.53. The van der Waals surface area contributed by atoms with E-state index in [0.29, 0.717) is 0 Å². The van der Waals surface area contributed by atoms with Gasteiger partial charge in [0.2, 0.25) is 0 Å². The lowest BCUT2D eigenvalue weighted by atomic mass is 9.95. The molecule has 0 unspecified atom stereocenters. The molecule has 0 amide bonds. The third kappa shape index (κ3) is 4.40. The zero-order valence-electron chi connectivity index (χ0n) is 28.1. The van der Waals surface area contributed by atoms with Gasteiger partial charge in [0.15, 0.2) is 0 Å². The molecule has 4 nitrogen and oxygen atoms in total. The molecule has 0 atom stereocenters. The molecule has 0 saturated heterocycles. The SMILES string of the molecule is C=N/C(=C1/C=CC=CC1=Nc1cc2c(ccc3c4cccc5c6ccccc6n(c23)c54)cc1-c1ccccc1NC)c1ccc2ccccc2c1. The van der Waals surface area contributed by atoms with Gasteiger partial charge in [-0.05, 0) is 59.3 Å². The third-order valence-corrected chi connectivity index (χ3v) is 10.4. The fourth-order valence-electron chi connectivity index (χ4n) is 8.09. The van der Waals surface area contributed by atoms with Crippen LogP contribution in [0.15, 0.2) is 173 Å². The van der Waals surface area contributed by atoms with Crippen LogP contribution >= 0.6 is 0 Å². The highest BCUT2D eigenvalue weighted by molar-refractivity contribution is 6.28. The lowest BCUT2D eigenvalue weighted by Crippen LogP contribution is -2.03. The van der Waals surface area contributed by atoms with Gasteiger partial charge in [0.05, 0.1) is 33.6 Å². The summed E-state index contributed by atoms with van der Waals surface area (Å²) in [4.78, 5) is 10.1. The van der Waals surface area contributed by atoms with E-state index in [9.17, 15) is 0 Å². The van der Waals surface area contributed by atoms with E-state index >= 15 is 0 Å². The standard InChI is InChI=1S/C47H32N4/c1-48-41-19-8-5-14-33(41)40-27-31-24-25-37-36-18-11-17-35-34-15-7-10-21-44(34)51(46(35)36)47(37)39(31)28-43(40)50-42-20-9-6-16-38(42)45(49-2)32-23-22-29-12-3-4-13-30(29)26-32/h3-28,48H,2H2,1H3/b45-38-,50-42?. The number of para-hydroxylation sites is 3. The number of benzene rings is 7. The molecule has 51 heavy (non-hydrogen) atoms. The van der Waals surface area contributed by atoms with E-state index in [4.69, 9.17) is 4.99 Å². The van der Waals surface area contributed by atoms with Crippen LogP contribution in [0.2, 0.25) is 0 Å². The van der Waals surface area contributed by atoms with Crippen LogP contribution in [0.1, 0.15) is 5.56 Å². The Morgan fingerprint density at radius 1 is 0.588 bits per heavy atom. The lowest BCUT2D eigenvalue weighted by Gasteiger charge is -2.16. The number of fused-ring (bicyclic) bond motifs is 9. The molecule has 240 valence electrons. The van der Waals surface area contributed by atoms with Crippen LogP contribution in [0.5, 0.6) is 0 Å². The number of aliphatic imine (C=N–C) groups is 2. The number of anilines is 1. The van der Waals surface area contributed by atoms with Gasteiger partial charge in [-0.1, -0.05) is 121 Å². The predicted octanol–water partition coefficient (Wildman–Crippen LogP) is 12.2. The minimum atomic E-state index is 0.801. The topological polar surface area (TPSA) is 41.2 Å². The second-order valence-corrected chi connectivity index (χ2v) is 13.1. The van der Waals surface area contributed by atoms with E-state index < -0.39 is 0 Å². The Balaban J connectivity index is 1.29. The van der Waals surface area contributed by atoms with Crippen molar-refractivity contribution in [3.63, 3.8) is 0 Å². The number of rotatable bonds is 5. The Bertz CT molecular complexity index is 3020. The second kappa shape index (κ2) is 11.4. The van der Waals surface area contributed by atoms with E-state index in [0.717, 1.165) is 61.2 Å². The van der Waals surface area contributed by atoms with Crippen molar-refractivity contribution in [2.75, 3.05) is 12.4 Å². The normalized spacial score (nSPS) is 15.0. The Kier molecular flexibility index (Phi) is 6.52. The summed E-state index contributed by atoms with van der Waals surface area (Å²) in [7, 11) is 1.97. The molecule has 2 aromatic heterocycles. The lowest BCUT2D eigenvalue weighted by molar-refractivity contribution is 1.38. The summed E-state index contributed by atoms with van der Waals surface area (Å²) in [5.74, 6) is 0. The van der Waals surface area contributed by atoms with Crippen molar-refractivity contribution >= 4 is 89.1 Å². The molecule has 0 fully saturated rings. The summed E-state index contributed by atoms with van der Waals surface area (Å²) in [6, 6.07) is 47.8. The van der Waals surface area contributed by atoms with Crippen LogP contribution in [-0.2, 0) is 0 Å². The van der Waals surface area contributed by atoms with E-state index in [2.05, 4.69) is 167 Å². The number of nitrogens with one attached hydrogen (secondary N) is 1. The highest BCUT2D eigenvalue weighted by Crippen LogP contribution is 2.45. The van der Waals surface area contributed by atoms with Crippen molar-refractivity contribution in [1.82, 2.24) is 4.40 Å². The van der Waals surface area contributed by atoms with Gasteiger partial charge < -0.3 is 9.72 Å². The fourth-order valence-corrected chi connectivity index (χ4v) is 8.09. The molecule has 1 aliphatic rings. The van der Waals surface area contributed by atoms with Gasteiger partial charge in [-0.2, -0.15) is 0 Å². The Hall–Kier alpha value is -6.78. The minimum absolute atomic E-state index is 0.801. The van der Waals surface area contributed by atoms with Crippen molar-refractivity contribution in [3.8, 4) is 11.1 Å². The highest BCUT2D eigenvalue weighted by Gasteiger charge is 2.21. The van der Waals surface area contributed by atoms with Crippen molar-refractivity contribution in [2.45, 2.75) is 0 Å². The summed E-state index contributed by atoms with van der Waals surface area (Å²) < 4.78 is 2.46. The maximum atomic E-state index is 5.53. The van der Waals surface area contributed by atoms with Crippen LogP contribution in [-0.4, -0.2) is 23.9 Å². The largest absolute Gasteiger partial charge is 0.388 e. The molecular weight excluding hydrogens is 621 g/mol. The molecule has 1 N–H and O–H groups in total. The van der Waals surface area contributed by atoms with Crippen LogP contribution in [0.4, 0.5) is 11.4 Å². The fraction of sp³-hybridized carbons (Fsp3) is 0.0213. The minimum Gasteiger partial charge on any atom is -0.388 e. The van der Waals surface area contributed by atoms with Gasteiger partial charge in [0, 0.05) is 61.9 Å². The molecule has 7 aromatic carbocycles. The number of nitrogens with zero attached hydrogens (tertiary/aromatic N) is 3. The summed E-state index contributed by atoms with van der Waals surface area (Å²) in [6.07, 6.45) is 8.26. The molecule has 0 aliphatic heterocycles. The van der Waals surface area contributed by atoms with Crippen LogP contribution in [0.25, 0.3) is 76.5 Å². The van der Waals surface area contributed by atoms with Gasteiger partial charge in [-0.15, -0.1) is 0 Å². The molecule has 2 heterocycles. The first-order chi connectivity index (χ1) is 25.2. The van der Waals surface area contributed by atoms with E-state index in [1.54, 1.807) is 0 Å². The van der Waals surface area contributed by atoms with Crippen LogP contribution in [0.3, 0.4) is 0 Å². The first kappa shape index (κ1) is 29.2. The number of hydrogen-bond acceptors (Lipinski definition) is 3. The van der Waals surface area contributed by atoms with Gasteiger partial charge in [-0.3, -0.25) is 4.99 Å². The Morgan fingerprint density at radius 3 is 2.18 bits per heavy atom. The quantitative estimate of drug-likeness (QED) is 0.185. The highest BCUT2D eigenvalue weighted by atomic mass is 14.9. The van der Waals surface area contributed by atoms with Crippen LogP contribution in [0, 0.1) is 0 Å². The average molecular weight is 653 g/mol. The molecule has 1 aliphatic carbocycles. The zero-order valence-corrected chi connectivity index (χ0v) is 28.1. The number of allylic oxidation sites excluding steroid dienone is 5. The molecular formula is C47H32N4. The van der Waals surface area contributed by atoms with Crippen molar-refractivity contribution in [2.24, 2.45) is 9.98 Å². The predicted molar refractivity (Wildman–Crippen MR) is 219 cm³/mol. The van der Waals surface area contributed by atoms with E-state index in [-0.39, 0.29) is 0 Å². The average Bonchev–Trinajstić information content (AvgIpc) is 3.71. The van der Waals surface area contributed by atoms with Crippen LogP contribution < -0.4 is 5.32 Å². The maximum Gasteiger partial charge on any atom is 0.0788 e. The van der Waals surface area contributed by atoms with Crippen molar-refractivity contribution < 1.29 is 0 Å². The molecule has 0 spiro atoms. The summed E-state index contributed by atoms with van der Waals surface area (Å²) in [5.41, 5.74) is 11.3. The van der Waals surface area contributed by atoms with E-state index in [1.165, 1.54) is 43.5 Å². The summed E-state index contributed by atoms with van der Waals surface area (Å²) in [6.45, 7) is 4.03. The van der Waals surface area contributed by atoms with E-state index in [1.807, 2.05) is 19.2 Å². The second-order valence-electron chi connectivity index (χ2n) is 13.1. The molecule has 9 aromatic rings. The molecule has 0 radical (unpaired) electrons.